The molecule has 0 saturated heterocycles. The number of amides is 1. The molecule has 0 heterocycles. The minimum atomic E-state index is -0.445. The monoisotopic (exact) mass is 302 g/mol. The molecule has 0 radical (unpaired) electrons. The lowest BCUT2D eigenvalue weighted by atomic mass is 10.1. The first kappa shape index (κ1) is 15.1. The Balaban J connectivity index is 2.33. The number of aryl methyl sites for hydroxylation is 2. The smallest absolute Gasteiger partial charge is 0.256 e. The summed E-state index contributed by atoms with van der Waals surface area (Å²) in [6.07, 6.45) is 0. The Hall–Kier alpha value is -2.27. The van der Waals surface area contributed by atoms with Crippen LogP contribution in [0.5, 0.6) is 0 Å². The summed E-state index contributed by atoms with van der Waals surface area (Å²) in [5.74, 6) is -0.811. The number of rotatable bonds is 3. The molecular weight excluding hydrogens is 287 g/mol. The van der Waals surface area contributed by atoms with E-state index < -0.39 is 5.82 Å². The molecule has 5 heteroatoms. The van der Waals surface area contributed by atoms with Crippen molar-refractivity contribution in [3.8, 4) is 0 Å². The largest absolute Gasteiger partial charge is 0.389 e. The summed E-state index contributed by atoms with van der Waals surface area (Å²) < 4.78 is 13.3. The zero-order valence-electron chi connectivity index (χ0n) is 11.7. The van der Waals surface area contributed by atoms with Gasteiger partial charge in [-0.25, -0.2) is 4.39 Å². The van der Waals surface area contributed by atoms with E-state index >= 15 is 0 Å². The fourth-order valence-electron chi connectivity index (χ4n) is 1.94. The highest BCUT2D eigenvalue weighted by molar-refractivity contribution is 7.80. The van der Waals surface area contributed by atoms with Gasteiger partial charge in [-0.2, -0.15) is 0 Å². The lowest BCUT2D eigenvalue weighted by molar-refractivity contribution is 0.102. The van der Waals surface area contributed by atoms with Crippen LogP contribution < -0.4 is 11.1 Å². The van der Waals surface area contributed by atoms with E-state index in [1.165, 1.54) is 12.1 Å². The van der Waals surface area contributed by atoms with E-state index in [2.05, 4.69) is 5.32 Å². The molecule has 0 fully saturated rings. The highest BCUT2D eigenvalue weighted by Crippen LogP contribution is 2.19. The maximum Gasteiger partial charge on any atom is 0.256 e. The third kappa shape index (κ3) is 3.44. The first-order valence-corrected chi connectivity index (χ1v) is 6.77. The maximum absolute atomic E-state index is 13.3. The van der Waals surface area contributed by atoms with Crippen LogP contribution in [-0.4, -0.2) is 10.9 Å². The van der Waals surface area contributed by atoms with Crippen LogP contribution in [0.3, 0.4) is 0 Å². The standard InChI is InChI=1S/C16H15FN2OS/c1-9-4-6-12(17)8-13(9)16(20)19-14-7-11(15(18)21)5-3-10(14)2/h3-8H,1-2H3,(H2,18,21)(H,19,20). The number of halogens is 1. The molecule has 21 heavy (non-hydrogen) atoms. The Morgan fingerprint density at radius 2 is 1.81 bits per heavy atom. The number of carbonyl (C=O) groups excluding carboxylic acids is 1. The molecule has 0 bridgehead atoms. The molecule has 0 atom stereocenters. The fraction of sp³-hybridized carbons (Fsp3) is 0.125. The van der Waals surface area contributed by atoms with Gasteiger partial charge in [-0.15, -0.1) is 0 Å². The van der Waals surface area contributed by atoms with E-state index in [9.17, 15) is 9.18 Å². The van der Waals surface area contributed by atoms with Crippen LogP contribution in [-0.2, 0) is 0 Å². The van der Waals surface area contributed by atoms with Crippen LogP contribution in [0.1, 0.15) is 27.0 Å². The van der Waals surface area contributed by atoms with E-state index in [0.29, 0.717) is 22.4 Å². The van der Waals surface area contributed by atoms with Gasteiger partial charge in [0.1, 0.15) is 10.8 Å². The van der Waals surface area contributed by atoms with E-state index in [1.807, 2.05) is 13.0 Å². The Labute approximate surface area is 128 Å². The summed E-state index contributed by atoms with van der Waals surface area (Å²) in [6, 6.07) is 9.44. The number of nitrogens with one attached hydrogen (secondary N) is 1. The van der Waals surface area contributed by atoms with Crippen molar-refractivity contribution >= 4 is 28.8 Å². The third-order valence-corrected chi connectivity index (χ3v) is 3.45. The lowest BCUT2D eigenvalue weighted by Gasteiger charge is -2.11. The second kappa shape index (κ2) is 6.01. The Morgan fingerprint density at radius 1 is 1.14 bits per heavy atom. The lowest BCUT2D eigenvalue weighted by Crippen LogP contribution is -2.16. The van der Waals surface area contributed by atoms with Crippen LogP contribution in [0, 0.1) is 19.7 Å². The van der Waals surface area contributed by atoms with Crippen LogP contribution in [0.4, 0.5) is 10.1 Å². The van der Waals surface area contributed by atoms with Gasteiger partial charge in [0.05, 0.1) is 0 Å². The van der Waals surface area contributed by atoms with Gasteiger partial charge in [0, 0.05) is 16.8 Å². The van der Waals surface area contributed by atoms with Crippen molar-refractivity contribution in [3.05, 3.63) is 64.5 Å². The molecule has 0 spiro atoms. The molecule has 2 aromatic rings. The van der Waals surface area contributed by atoms with Crippen molar-refractivity contribution in [1.82, 2.24) is 0 Å². The molecule has 0 aliphatic heterocycles. The molecule has 2 rings (SSSR count). The highest BCUT2D eigenvalue weighted by atomic mass is 32.1. The number of anilines is 1. The number of hydrogen-bond acceptors (Lipinski definition) is 2. The normalized spacial score (nSPS) is 10.2. The van der Waals surface area contributed by atoms with Gasteiger partial charge in [-0.05, 0) is 43.2 Å². The topological polar surface area (TPSA) is 55.1 Å². The van der Waals surface area contributed by atoms with Gasteiger partial charge >= 0.3 is 0 Å². The summed E-state index contributed by atoms with van der Waals surface area (Å²) in [5, 5.41) is 2.77. The molecule has 0 aliphatic carbocycles. The van der Waals surface area contributed by atoms with Crippen molar-refractivity contribution in [2.45, 2.75) is 13.8 Å². The number of carbonyl (C=O) groups is 1. The molecule has 0 aromatic heterocycles. The molecule has 0 unspecified atom stereocenters. The Bertz CT molecular complexity index is 728. The quantitative estimate of drug-likeness (QED) is 0.855. The number of nitrogens with two attached hydrogens (primary N) is 1. The van der Waals surface area contributed by atoms with Crippen molar-refractivity contribution < 1.29 is 9.18 Å². The summed E-state index contributed by atoms with van der Waals surface area (Å²) in [5.41, 5.74) is 8.74. The number of hydrogen-bond donors (Lipinski definition) is 2. The van der Waals surface area contributed by atoms with Crippen LogP contribution in [0.15, 0.2) is 36.4 Å². The van der Waals surface area contributed by atoms with Crippen molar-refractivity contribution in [3.63, 3.8) is 0 Å². The fourth-order valence-corrected chi connectivity index (χ4v) is 2.07. The van der Waals surface area contributed by atoms with Crippen molar-refractivity contribution in [2.75, 3.05) is 5.32 Å². The van der Waals surface area contributed by atoms with Gasteiger partial charge < -0.3 is 11.1 Å². The Morgan fingerprint density at radius 3 is 2.48 bits per heavy atom. The number of benzene rings is 2. The molecule has 108 valence electrons. The van der Waals surface area contributed by atoms with E-state index in [1.54, 1.807) is 25.1 Å². The first-order valence-electron chi connectivity index (χ1n) is 6.36. The average molecular weight is 302 g/mol. The van der Waals surface area contributed by atoms with Gasteiger partial charge in [0.2, 0.25) is 0 Å². The van der Waals surface area contributed by atoms with E-state index in [4.69, 9.17) is 18.0 Å². The molecule has 3 nitrogen and oxygen atoms in total. The zero-order chi connectivity index (χ0) is 15.6. The SMILES string of the molecule is Cc1ccc(C(N)=S)cc1NC(=O)c1cc(F)ccc1C. The summed E-state index contributed by atoms with van der Waals surface area (Å²) in [7, 11) is 0. The van der Waals surface area contributed by atoms with Gasteiger partial charge in [0.25, 0.3) is 5.91 Å². The molecule has 0 aliphatic rings. The van der Waals surface area contributed by atoms with E-state index in [0.717, 1.165) is 5.56 Å². The third-order valence-electron chi connectivity index (χ3n) is 3.21. The molecule has 1 amide bonds. The van der Waals surface area contributed by atoms with Crippen LogP contribution in [0.2, 0.25) is 0 Å². The average Bonchev–Trinajstić information content (AvgIpc) is 2.43. The second-order valence-electron chi connectivity index (χ2n) is 4.81. The maximum atomic E-state index is 13.3. The molecule has 3 N–H and O–H groups in total. The summed E-state index contributed by atoms with van der Waals surface area (Å²) in [4.78, 5) is 12.5. The zero-order valence-corrected chi connectivity index (χ0v) is 12.6. The summed E-state index contributed by atoms with van der Waals surface area (Å²) in [6.45, 7) is 3.62. The van der Waals surface area contributed by atoms with Crippen LogP contribution in [0.25, 0.3) is 0 Å². The summed E-state index contributed by atoms with van der Waals surface area (Å²) >= 11 is 4.93. The van der Waals surface area contributed by atoms with Gasteiger partial charge in [-0.3, -0.25) is 4.79 Å². The van der Waals surface area contributed by atoms with Crippen molar-refractivity contribution in [2.24, 2.45) is 5.73 Å². The predicted octanol–water partition coefficient (Wildman–Crippen LogP) is 3.33. The van der Waals surface area contributed by atoms with Crippen molar-refractivity contribution in [1.29, 1.82) is 0 Å². The Kier molecular flexibility index (Phi) is 4.33. The van der Waals surface area contributed by atoms with Gasteiger partial charge in [-0.1, -0.05) is 30.4 Å². The second-order valence-corrected chi connectivity index (χ2v) is 5.25. The highest BCUT2D eigenvalue weighted by Gasteiger charge is 2.12. The van der Waals surface area contributed by atoms with Crippen LogP contribution >= 0.6 is 12.2 Å². The van der Waals surface area contributed by atoms with E-state index in [-0.39, 0.29) is 10.9 Å². The predicted molar refractivity (Wildman–Crippen MR) is 86.2 cm³/mol. The number of thiocarbonyl (C=S) groups is 1. The molecule has 2 aromatic carbocycles. The minimum absolute atomic E-state index is 0.257. The molecule has 0 saturated carbocycles. The first-order chi connectivity index (χ1) is 9.88. The molecular formula is C16H15FN2OS. The van der Waals surface area contributed by atoms with Gasteiger partial charge in [0.15, 0.2) is 0 Å². The minimum Gasteiger partial charge on any atom is -0.389 e.